The van der Waals surface area contributed by atoms with Crippen molar-refractivity contribution in [3.05, 3.63) is 22.7 Å². The molecule has 0 aliphatic heterocycles. The van der Waals surface area contributed by atoms with Crippen LogP contribution in [0.15, 0.2) is 27.6 Å². The zero-order valence-electron chi connectivity index (χ0n) is 10.1. The van der Waals surface area contributed by atoms with Crippen LogP contribution in [0.4, 0.5) is 4.79 Å². The van der Waals surface area contributed by atoms with E-state index in [2.05, 4.69) is 25.4 Å². The first-order valence-electron chi connectivity index (χ1n) is 5.12. The fourth-order valence-electron chi connectivity index (χ4n) is 1.27. The molecule has 0 saturated heterocycles. The molecule has 1 amide bonds. The van der Waals surface area contributed by atoms with E-state index in [4.69, 9.17) is 10.5 Å². The van der Waals surface area contributed by atoms with Crippen molar-refractivity contribution in [1.82, 2.24) is 4.72 Å². The van der Waals surface area contributed by atoms with Crippen LogP contribution < -0.4 is 15.2 Å². The summed E-state index contributed by atoms with van der Waals surface area (Å²) in [7, 11) is -2.39. The van der Waals surface area contributed by atoms with Crippen molar-refractivity contribution in [3.8, 4) is 5.75 Å². The molecule has 0 spiro atoms. The molecule has 19 heavy (non-hydrogen) atoms. The lowest BCUT2D eigenvalue weighted by molar-refractivity contribution is 0.159. The molecule has 0 bridgehead atoms. The molecule has 106 valence electrons. The monoisotopic (exact) mass is 352 g/mol. The molecule has 0 unspecified atom stereocenters. The summed E-state index contributed by atoms with van der Waals surface area (Å²) in [5.74, 6) is 0.214. The largest absolute Gasteiger partial charge is 0.495 e. The maximum atomic E-state index is 12.0. The Balaban J connectivity index is 2.82. The van der Waals surface area contributed by atoms with Gasteiger partial charge in [0, 0.05) is 11.0 Å². The van der Waals surface area contributed by atoms with E-state index in [-0.39, 0.29) is 23.8 Å². The number of methoxy groups -OCH3 is 1. The highest BCUT2D eigenvalue weighted by atomic mass is 79.9. The second kappa shape index (κ2) is 6.73. The Bertz CT molecular complexity index is 561. The lowest BCUT2D eigenvalue weighted by Crippen LogP contribution is -2.29. The van der Waals surface area contributed by atoms with E-state index in [0.717, 1.165) is 0 Å². The third-order valence-corrected chi connectivity index (χ3v) is 4.03. The zero-order valence-corrected chi connectivity index (χ0v) is 12.5. The molecule has 7 nitrogen and oxygen atoms in total. The van der Waals surface area contributed by atoms with Crippen LogP contribution in [0.5, 0.6) is 5.75 Å². The Morgan fingerprint density at radius 1 is 1.47 bits per heavy atom. The zero-order chi connectivity index (χ0) is 14.5. The molecule has 3 N–H and O–H groups in total. The van der Waals surface area contributed by atoms with Gasteiger partial charge in [-0.05, 0) is 18.2 Å². The first kappa shape index (κ1) is 15.7. The van der Waals surface area contributed by atoms with Crippen LogP contribution >= 0.6 is 15.9 Å². The van der Waals surface area contributed by atoms with Gasteiger partial charge in [0.25, 0.3) is 0 Å². The van der Waals surface area contributed by atoms with Gasteiger partial charge in [0.2, 0.25) is 10.0 Å². The van der Waals surface area contributed by atoms with Gasteiger partial charge in [0.05, 0.1) is 7.11 Å². The molecule has 0 aliphatic carbocycles. The summed E-state index contributed by atoms with van der Waals surface area (Å²) in [5.41, 5.74) is 4.75. The van der Waals surface area contributed by atoms with Gasteiger partial charge >= 0.3 is 6.09 Å². The molecular formula is C10H13BrN2O5S. The number of hydrogen-bond donors (Lipinski definition) is 2. The fraction of sp³-hybridized carbons (Fsp3) is 0.300. The van der Waals surface area contributed by atoms with Crippen LogP contribution in [0.25, 0.3) is 0 Å². The van der Waals surface area contributed by atoms with Gasteiger partial charge in [-0.15, -0.1) is 0 Å². The van der Waals surface area contributed by atoms with Crippen LogP contribution in [0.2, 0.25) is 0 Å². The minimum Gasteiger partial charge on any atom is -0.495 e. The predicted octanol–water partition coefficient (Wildman–Crippen LogP) is 0.831. The number of carbonyl (C=O) groups is 1. The number of carbonyl (C=O) groups excluding carboxylic acids is 1. The third-order valence-electron chi connectivity index (χ3n) is 2.05. The van der Waals surface area contributed by atoms with Crippen molar-refractivity contribution in [2.45, 2.75) is 4.90 Å². The summed E-state index contributed by atoms with van der Waals surface area (Å²) in [6, 6.07) is 4.60. The third kappa shape index (κ3) is 4.69. The minimum atomic E-state index is -3.76. The second-order valence-corrected chi connectivity index (χ2v) is 6.01. The number of rotatable bonds is 6. The summed E-state index contributed by atoms with van der Waals surface area (Å²) in [4.78, 5) is 10.3. The Hall–Kier alpha value is -1.32. The molecule has 1 rings (SSSR count). The highest BCUT2D eigenvalue weighted by Crippen LogP contribution is 2.26. The van der Waals surface area contributed by atoms with E-state index in [1.54, 1.807) is 6.07 Å². The van der Waals surface area contributed by atoms with Gasteiger partial charge in [-0.3, -0.25) is 0 Å². The number of sulfonamides is 1. The summed E-state index contributed by atoms with van der Waals surface area (Å²) in [6.45, 7) is -0.230. The number of ether oxygens (including phenoxy) is 2. The molecule has 9 heteroatoms. The molecule has 0 saturated carbocycles. The van der Waals surface area contributed by atoms with E-state index < -0.39 is 16.1 Å². The average molecular weight is 353 g/mol. The average Bonchev–Trinajstić information content (AvgIpc) is 2.34. The first-order valence-corrected chi connectivity index (χ1v) is 7.40. The van der Waals surface area contributed by atoms with E-state index in [9.17, 15) is 13.2 Å². The maximum Gasteiger partial charge on any atom is 0.404 e. The molecular weight excluding hydrogens is 340 g/mol. The van der Waals surface area contributed by atoms with E-state index in [1.165, 1.54) is 19.2 Å². The standard InChI is InChI=1S/C10H13BrN2O5S/c1-17-8-3-2-7(11)6-9(8)19(15,16)13-4-5-18-10(12)14/h2-3,6,13H,4-5H2,1H3,(H2,12,14). The quantitative estimate of drug-likeness (QED) is 0.737. The van der Waals surface area contributed by atoms with Gasteiger partial charge in [0.1, 0.15) is 17.3 Å². The molecule has 0 aromatic heterocycles. The Labute approximate surface area is 119 Å². The lowest BCUT2D eigenvalue weighted by atomic mass is 10.3. The number of halogens is 1. The molecule has 1 aromatic carbocycles. The SMILES string of the molecule is COc1ccc(Br)cc1S(=O)(=O)NCCOC(N)=O. The number of primary amides is 1. The van der Waals surface area contributed by atoms with Crippen molar-refractivity contribution in [3.63, 3.8) is 0 Å². The first-order chi connectivity index (χ1) is 8.86. The lowest BCUT2D eigenvalue weighted by Gasteiger charge is -2.11. The van der Waals surface area contributed by atoms with Crippen molar-refractivity contribution >= 4 is 32.0 Å². The van der Waals surface area contributed by atoms with Crippen molar-refractivity contribution < 1.29 is 22.7 Å². The summed E-state index contributed by atoms with van der Waals surface area (Å²) < 4.78 is 36.3. The maximum absolute atomic E-state index is 12.0. The normalized spacial score (nSPS) is 11.1. The summed E-state index contributed by atoms with van der Waals surface area (Å²) in [5, 5.41) is 0. The van der Waals surface area contributed by atoms with E-state index >= 15 is 0 Å². The predicted molar refractivity (Wildman–Crippen MR) is 71.4 cm³/mol. The number of nitrogens with two attached hydrogens (primary N) is 1. The van der Waals surface area contributed by atoms with E-state index in [1.807, 2.05) is 0 Å². The molecule has 0 radical (unpaired) electrons. The fourth-order valence-corrected chi connectivity index (χ4v) is 2.98. The molecule has 0 atom stereocenters. The van der Waals surface area contributed by atoms with Gasteiger partial charge in [-0.2, -0.15) is 0 Å². The smallest absolute Gasteiger partial charge is 0.404 e. The Kier molecular flexibility index (Phi) is 5.58. The highest BCUT2D eigenvalue weighted by molar-refractivity contribution is 9.10. The van der Waals surface area contributed by atoms with Gasteiger partial charge in [-0.1, -0.05) is 15.9 Å². The summed E-state index contributed by atoms with van der Waals surface area (Å²) in [6.07, 6.45) is -0.959. The van der Waals surface area contributed by atoms with Crippen LogP contribution in [0, 0.1) is 0 Å². The van der Waals surface area contributed by atoms with Gasteiger partial charge in [-0.25, -0.2) is 17.9 Å². The van der Waals surface area contributed by atoms with Crippen LogP contribution in [0.1, 0.15) is 0 Å². The van der Waals surface area contributed by atoms with Crippen molar-refractivity contribution in [2.75, 3.05) is 20.3 Å². The van der Waals surface area contributed by atoms with Crippen molar-refractivity contribution in [1.29, 1.82) is 0 Å². The number of hydrogen-bond acceptors (Lipinski definition) is 5. The molecule has 0 aliphatic rings. The summed E-state index contributed by atoms with van der Waals surface area (Å²) >= 11 is 3.19. The molecule has 0 fully saturated rings. The number of benzene rings is 1. The number of nitrogens with one attached hydrogen (secondary N) is 1. The Morgan fingerprint density at radius 3 is 2.74 bits per heavy atom. The highest BCUT2D eigenvalue weighted by Gasteiger charge is 2.19. The van der Waals surface area contributed by atoms with Gasteiger partial charge in [0.15, 0.2) is 0 Å². The number of amides is 1. The van der Waals surface area contributed by atoms with Crippen LogP contribution in [0.3, 0.4) is 0 Å². The van der Waals surface area contributed by atoms with Crippen LogP contribution in [-0.2, 0) is 14.8 Å². The Morgan fingerprint density at radius 2 is 2.16 bits per heavy atom. The molecule has 0 heterocycles. The molecule has 1 aromatic rings. The van der Waals surface area contributed by atoms with Crippen LogP contribution in [-0.4, -0.2) is 34.8 Å². The van der Waals surface area contributed by atoms with E-state index in [0.29, 0.717) is 4.47 Å². The van der Waals surface area contributed by atoms with Gasteiger partial charge < -0.3 is 15.2 Å². The topological polar surface area (TPSA) is 108 Å². The van der Waals surface area contributed by atoms with Crippen molar-refractivity contribution in [2.24, 2.45) is 5.73 Å². The second-order valence-electron chi connectivity index (χ2n) is 3.36. The minimum absolute atomic E-state index is 0.0107.